The zero-order valence-electron chi connectivity index (χ0n) is 11.4. The predicted molar refractivity (Wildman–Crippen MR) is 65.8 cm³/mol. The first-order valence-electron chi connectivity index (χ1n) is 6.56. The van der Waals surface area contributed by atoms with E-state index in [1.165, 1.54) is 0 Å². The van der Waals surface area contributed by atoms with E-state index in [4.69, 9.17) is 19.3 Å². The zero-order valence-corrected chi connectivity index (χ0v) is 11.4. The Balaban J connectivity index is 2.52. The van der Waals surface area contributed by atoms with E-state index in [2.05, 4.69) is 4.74 Å². The van der Waals surface area contributed by atoms with E-state index in [0.717, 1.165) is 6.42 Å². The number of rotatable bonds is 9. The van der Waals surface area contributed by atoms with Crippen LogP contribution in [0.4, 0.5) is 0 Å². The maximum Gasteiger partial charge on any atom is 0.293 e. The maximum atomic E-state index is 10.4. The molecule has 1 heterocycles. The molecule has 1 rings (SSSR count). The molecule has 1 aliphatic heterocycles. The van der Waals surface area contributed by atoms with Gasteiger partial charge in [0.1, 0.15) is 18.3 Å². The summed E-state index contributed by atoms with van der Waals surface area (Å²) in [5.41, 5.74) is 0. The normalized spacial score (nSPS) is 33.9. The lowest BCUT2D eigenvalue weighted by Crippen LogP contribution is -2.60. The lowest BCUT2D eigenvalue weighted by molar-refractivity contribution is -0.303. The molecule has 1 saturated heterocycles. The summed E-state index contributed by atoms with van der Waals surface area (Å²) in [5.74, 6) is 0. The van der Waals surface area contributed by atoms with E-state index in [9.17, 15) is 15.0 Å². The maximum absolute atomic E-state index is 10.4. The van der Waals surface area contributed by atoms with Crippen LogP contribution in [0.2, 0.25) is 0 Å². The topological polar surface area (TPSA) is 115 Å². The third-order valence-electron chi connectivity index (χ3n) is 2.90. The Morgan fingerprint density at radius 1 is 1.20 bits per heavy atom. The molecule has 1 aliphatic rings. The van der Waals surface area contributed by atoms with E-state index < -0.39 is 37.3 Å². The van der Waals surface area contributed by atoms with Crippen molar-refractivity contribution in [2.24, 2.45) is 0 Å². The molecule has 0 aromatic heterocycles. The van der Waals surface area contributed by atoms with Crippen molar-refractivity contribution >= 4 is 6.47 Å². The Labute approximate surface area is 117 Å². The smallest absolute Gasteiger partial charge is 0.293 e. The van der Waals surface area contributed by atoms with Crippen molar-refractivity contribution in [1.29, 1.82) is 0 Å². The fourth-order valence-corrected chi connectivity index (χ4v) is 1.87. The summed E-state index contributed by atoms with van der Waals surface area (Å²) in [5, 5.41) is 28.6. The molecule has 20 heavy (non-hydrogen) atoms. The van der Waals surface area contributed by atoms with Crippen molar-refractivity contribution in [2.45, 2.75) is 44.1 Å². The van der Waals surface area contributed by atoms with Gasteiger partial charge in [0.05, 0.1) is 19.8 Å². The minimum absolute atomic E-state index is 0.146. The van der Waals surface area contributed by atoms with E-state index in [0.29, 0.717) is 13.2 Å². The summed E-state index contributed by atoms with van der Waals surface area (Å²) in [4.78, 5) is 10.4. The van der Waals surface area contributed by atoms with Gasteiger partial charge in [0, 0.05) is 6.61 Å². The van der Waals surface area contributed by atoms with Crippen molar-refractivity contribution in [3.05, 3.63) is 0 Å². The standard InChI is InChI=1S/C12H22O8/c1-2-3-17-4-5-18-12-11(19-7-14)10(16)9(15)8(6-13)20-12/h7-13,15-16H,2-6H2,1H3/t8-,9-,10+,11+,12+/m1/s1. The zero-order chi connectivity index (χ0) is 15.0. The van der Waals surface area contributed by atoms with Gasteiger partial charge >= 0.3 is 0 Å². The molecule has 1 fully saturated rings. The van der Waals surface area contributed by atoms with Gasteiger partial charge in [0.25, 0.3) is 6.47 Å². The molecule has 0 aromatic rings. The van der Waals surface area contributed by atoms with Crippen LogP contribution >= 0.6 is 0 Å². The van der Waals surface area contributed by atoms with Gasteiger partial charge in [0.15, 0.2) is 12.4 Å². The Hall–Kier alpha value is -0.770. The first kappa shape index (κ1) is 17.3. The average Bonchev–Trinajstić information content (AvgIpc) is 2.45. The first-order valence-corrected chi connectivity index (χ1v) is 6.56. The molecule has 0 saturated carbocycles. The molecule has 0 amide bonds. The molecule has 0 radical (unpaired) electrons. The second-order valence-electron chi connectivity index (χ2n) is 4.39. The van der Waals surface area contributed by atoms with Gasteiger partial charge in [-0.15, -0.1) is 0 Å². The molecule has 3 N–H and O–H groups in total. The molecule has 8 nitrogen and oxygen atoms in total. The number of carbonyl (C=O) groups is 1. The molecule has 0 bridgehead atoms. The Bertz CT molecular complexity index is 274. The SMILES string of the molecule is CCCOCCO[C@H]1O[C@H](CO)[C@@H](O)[C@H](O)[C@@H]1OC=O. The number of hydrogen-bond acceptors (Lipinski definition) is 8. The van der Waals surface area contributed by atoms with E-state index in [1.54, 1.807) is 0 Å². The minimum Gasteiger partial charge on any atom is -0.456 e. The summed E-state index contributed by atoms with van der Waals surface area (Å²) in [6.45, 7) is 2.73. The molecular formula is C12H22O8. The molecule has 118 valence electrons. The molecule has 0 spiro atoms. The third kappa shape index (κ3) is 4.65. The highest BCUT2D eigenvalue weighted by molar-refractivity contribution is 5.37. The summed E-state index contributed by atoms with van der Waals surface area (Å²) >= 11 is 0. The summed E-state index contributed by atoms with van der Waals surface area (Å²) < 4.78 is 20.5. The lowest BCUT2D eigenvalue weighted by atomic mass is 9.99. The van der Waals surface area contributed by atoms with Crippen LogP contribution in [-0.4, -0.2) is 78.9 Å². The lowest BCUT2D eigenvalue weighted by Gasteiger charge is -2.40. The van der Waals surface area contributed by atoms with Crippen molar-refractivity contribution < 1.29 is 39.1 Å². The Morgan fingerprint density at radius 2 is 1.95 bits per heavy atom. The highest BCUT2D eigenvalue weighted by Crippen LogP contribution is 2.23. The number of hydrogen-bond donors (Lipinski definition) is 3. The molecule has 8 heteroatoms. The van der Waals surface area contributed by atoms with Crippen molar-refractivity contribution in [3.63, 3.8) is 0 Å². The van der Waals surface area contributed by atoms with E-state index in [-0.39, 0.29) is 13.1 Å². The van der Waals surface area contributed by atoms with Crippen LogP contribution in [-0.2, 0) is 23.7 Å². The fraction of sp³-hybridized carbons (Fsp3) is 0.917. The van der Waals surface area contributed by atoms with E-state index in [1.807, 2.05) is 6.92 Å². The molecule has 0 aliphatic carbocycles. The number of aliphatic hydroxyl groups is 3. The first-order chi connectivity index (χ1) is 9.65. The Kier molecular flexibility index (Phi) is 7.97. The van der Waals surface area contributed by atoms with E-state index >= 15 is 0 Å². The third-order valence-corrected chi connectivity index (χ3v) is 2.90. The molecule has 0 unspecified atom stereocenters. The van der Waals surface area contributed by atoms with Crippen molar-refractivity contribution in [1.82, 2.24) is 0 Å². The van der Waals surface area contributed by atoms with Crippen molar-refractivity contribution in [2.75, 3.05) is 26.4 Å². The molecular weight excluding hydrogens is 272 g/mol. The van der Waals surface area contributed by atoms with Crippen LogP contribution in [0.3, 0.4) is 0 Å². The highest BCUT2D eigenvalue weighted by Gasteiger charge is 2.46. The van der Waals surface area contributed by atoms with Crippen molar-refractivity contribution in [3.8, 4) is 0 Å². The van der Waals surface area contributed by atoms with Gasteiger partial charge in [-0.2, -0.15) is 0 Å². The summed E-state index contributed by atoms with van der Waals surface area (Å²) in [6.07, 6.45) is -5.10. The van der Waals surface area contributed by atoms with Gasteiger partial charge in [-0.05, 0) is 6.42 Å². The second-order valence-corrected chi connectivity index (χ2v) is 4.39. The van der Waals surface area contributed by atoms with Crippen LogP contribution in [0.1, 0.15) is 13.3 Å². The monoisotopic (exact) mass is 294 g/mol. The van der Waals surface area contributed by atoms with Crippen LogP contribution < -0.4 is 0 Å². The van der Waals surface area contributed by atoms with Gasteiger partial charge < -0.3 is 34.3 Å². The molecule has 5 atom stereocenters. The number of aliphatic hydroxyl groups excluding tert-OH is 3. The van der Waals surface area contributed by atoms with Crippen LogP contribution in [0.5, 0.6) is 0 Å². The predicted octanol–water partition coefficient (Wildman–Crippen LogP) is -1.59. The fourth-order valence-electron chi connectivity index (χ4n) is 1.87. The van der Waals surface area contributed by atoms with Gasteiger partial charge in [-0.3, -0.25) is 4.79 Å². The highest BCUT2D eigenvalue weighted by atomic mass is 16.7. The minimum atomic E-state index is -1.40. The van der Waals surface area contributed by atoms with Gasteiger partial charge in [-0.1, -0.05) is 6.92 Å². The summed E-state index contributed by atoms with van der Waals surface area (Å²) in [6, 6.07) is 0. The second kappa shape index (κ2) is 9.22. The quantitative estimate of drug-likeness (QED) is 0.344. The van der Waals surface area contributed by atoms with Crippen LogP contribution in [0.15, 0.2) is 0 Å². The largest absolute Gasteiger partial charge is 0.456 e. The van der Waals surface area contributed by atoms with Gasteiger partial charge in [-0.25, -0.2) is 0 Å². The van der Waals surface area contributed by atoms with Gasteiger partial charge in [0.2, 0.25) is 0 Å². The van der Waals surface area contributed by atoms with Crippen LogP contribution in [0.25, 0.3) is 0 Å². The summed E-state index contributed by atoms with van der Waals surface area (Å²) in [7, 11) is 0. The Morgan fingerprint density at radius 3 is 2.55 bits per heavy atom. The average molecular weight is 294 g/mol. The number of ether oxygens (including phenoxy) is 4. The van der Waals surface area contributed by atoms with Crippen LogP contribution in [0, 0.1) is 0 Å². The molecule has 0 aromatic carbocycles. The number of carbonyl (C=O) groups excluding carboxylic acids is 1.